The molecule has 0 bridgehead atoms. The number of amides is 2. The van der Waals surface area contributed by atoms with E-state index in [2.05, 4.69) is 20.6 Å². The molecule has 0 spiro atoms. The molecule has 2 N–H and O–H groups in total. The number of thioether (sulfide) groups is 1. The van der Waals surface area contributed by atoms with Gasteiger partial charge in [0.2, 0.25) is 11.8 Å². The van der Waals surface area contributed by atoms with Crippen LogP contribution in [0.4, 0.5) is 11.5 Å². The fourth-order valence-electron chi connectivity index (χ4n) is 2.84. The summed E-state index contributed by atoms with van der Waals surface area (Å²) in [5, 5.41) is 6.46. The van der Waals surface area contributed by atoms with Crippen LogP contribution in [0.3, 0.4) is 0 Å². The van der Waals surface area contributed by atoms with E-state index in [0.717, 1.165) is 32.0 Å². The summed E-state index contributed by atoms with van der Waals surface area (Å²) in [5.74, 6) is 0.501. The molecule has 0 unspecified atom stereocenters. The predicted octanol–water partition coefficient (Wildman–Crippen LogP) is 4.98. The molecule has 156 valence electrons. The third-order valence-electron chi connectivity index (χ3n) is 4.37. The number of aryl methyl sites for hydroxylation is 1. The van der Waals surface area contributed by atoms with Crippen LogP contribution in [-0.4, -0.2) is 33.3 Å². The zero-order valence-corrected chi connectivity index (χ0v) is 18.4. The molecule has 0 radical (unpaired) electrons. The summed E-state index contributed by atoms with van der Waals surface area (Å²) < 4.78 is 1.12. The maximum absolute atomic E-state index is 12.1. The lowest BCUT2D eigenvalue weighted by Gasteiger charge is -2.06. The van der Waals surface area contributed by atoms with Gasteiger partial charge in [-0.2, -0.15) is 0 Å². The smallest absolute Gasteiger partial charge is 0.235 e. The number of thiazole rings is 1. The van der Waals surface area contributed by atoms with Crippen molar-refractivity contribution in [1.82, 2.24) is 9.97 Å². The lowest BCUT2D eigenvalue weighted by Crippen LogP contribution is -2.18. The fraction of sp³-hybridized carbons (Fsp3) is 0.130. The number of nitrogens with zero attached hydrogens (tertiary/aromatic N) is 2. The van der Waals surface area contributed by atoms with Gasteiger partial charge in [-0.05, 0) is 43.3 Å². The molecule has 0 saturated heterocycles. The molecule has 6 nitrogen and oxygen atoms in total. The second-order valence-corrected chi connectivity index (χ2v) is 8.89. The van der Waals surface area contributed by atoms with Gasteiger partial charge in [-0.15, -0.1) is 23.1 Å². The molecular weight excluding hydrogens is 428 g/mol. The Kier molecular flexibility index (Phi) is 6.59. The first kappa shape index (κ1) is 21.0. The lowest BCUT2D eigenvalue weighted by molar-refractivity contribution is -0.114. The topological polar surface area (TPSA) is 84.0 Å². The van der Waals surface area contributed by atoms with Crippen LogP contribution in [0.5, 0.6) is 0 Å². The lowest BCUT2D eigenvalue weighted by atomic mass is 10.2. The molecule has 0 fully saturated rings. The number of carbonyl (C=O) groups excluding carboxylic acids is 2. The zero-order chi connectivity index (χ0) is 21.6. The molecule has 2 heterocycles. The van der Waals surface area contributed by atoms with Crippen LogP contribution in [0.2, 0.25) is 0 Å². The normalized spacial score (nSPS) is 10.7. The predicted molar refractivity (Wildman–Crippen MR) is 129 cm³/mol. The first-order valence-electron chi connectivity index (χ1n) is 9.63. The third-order valence-corrected chi connectivity index (χ3v) is 6.39. The Balaban J connectivity index is 1.25. The second kappa shape index (κ2) is 9.72. The molecule has 0 aliphatic heterocycles. The van der Waals surface area contributed by atoms with E-state index < -0.39 is 0 Å². The SMILES string of the molecule is Cc1ccc(NC(=O)CSCC(=O)Nc2ccc(-c3nc4ccccc4s3)cn2)cc1. The van der Waals surface area contributed by atoms with Gasteiger partial charge >= 0.3 is 0 Å². The number of pyridine rings is 1. The molecule has 4 rings (SSSR count). The van der Waals surface area contributed by atoms with Gasteiger partial charge in [0.15, 0.2) is 0 Å². The van der Waals surface area contributed by atoms with Gasteiger partial charge in [-0.25, -0.2) is 9.97 Å². The van der Waals surface area contributed by atoms with E-state index in [4.69, 9.17) is 0 Å². The summed E-state index contributed by atoms with van der Waals surface area (Å²) in [6, 6.07) is 19.2. The molecule has 2 aromatic heterocycles. The highest BCUT2D eigenvalue weighted by atomic mass is 32.2. The maximum atomic E-state index is 12.1. The fourth-order valence-corrected chi connectivity index (χ4v) is 4.41. The third kappa shape index (κ3) is 5.68. The van der Waals surface area contributed by atoms with Crippen LogP contribution >= 0.6 is 23.1 Å². The van der Waals surface area contributed by atoms with E-state index in [1.165, 1.54) is 11.8 Å². The standard InChI is InChI=1S/C23H20N4O2S2/c1-15-6-9-17(10-7-15)25-21(28)13-30-14-22(29)27-20-11-8-16(12-24-20)23-26-18-4-2-3-5-19(18)31-23/h2-12H,13-14H2,1H3,(H,25,28)(H,24,27,29). The summed E-state index contributed by atoms with van der Waals surface area (Å²) in [5.41, 5.74) is 3.74. The number of nitrogens with one attached hydrogen (secondary N) is 2. The Labute approximate surface area is 188 Å². The Morgan fingerprint density at radius 1 is 0.935 bits per heavy atom. The van der Waals surface area contributed by atoms with Gasteiger partial charge < -0.3 is 10.6 Å². The zero-order valence-electron chi connectivity index (χ0n) is 16.8. The molecule has 0 saturated carbocycles. The van der Waals surface area contributed by atoms with Crippen molar-refractivity contribution in [2.75, 3.05) is 22.1 Å². The quantitative estimate of drug-likeness (QED) is 0.417. The van der Waals surface area contributed by atoms with Crippen LogP contribution in [0.25, 0.3) is 20.8 Å². The molecule has 0 aliphatic carbocycles. The Hall–Kier alpha value is -3.23. The highest BCUT2D eigenvalue weighted by Gasteiger charge is 2.09. The van der Waals surface area contributed by atoms with Crippen LogP contribution in [0.1, 0.15) is 5.56 Å². The highest BCUT2D eigenvalue weighted by molar-refractivity contribution is 8.00. The average Bonchev–Trinajstić information content (AvgIpc) is 3.20. The van der Waals surface area contributed by atoms with Crippen molar-refractivity contribution in [1.29, 1.82) is 0 Å². The highest BCUT2D eigenvalue weighted by Crippen LogP contribution is 2.29. The van der Waals surface area contributed by atoms with E-state index in [1.807, 2.05) is 61.5 Å². The minimum Gasteiger partial charge on any atom is -0.325 e. The largest absolute Gasteiger partial charge is 0.325 e. The number of hydrogen-bond donors (Lipinski definition) is 2. The van der Waals surface area contributed by atoms with Crippen molar-refractivity contribution in [3.63, 3.8) is 0 Å². The molecule has 0 atom stereocenters. The van der Waals surface area contributed by atoms with Gasteiger partial charge in [0.25, 0.3) is 0 Å². The van der Waals surface area contributed by atoms with Crippen LogP contribution in [0.15, 0.2) is 66.9 Å². The van der Waals surface area contributed by atoms with Gasteiger partial charge in [0.05, 0.1) is 21.7 Å². The first-order chi connectivity index (χ1) is 15.1. The number of aromatic nitrogens is 2. The summed E-state index contributed by atoms with van der Waals surface area (Å²) in [4.78, 5) is 33.1. The van der Waals surface area contributed by atoms with Crippen LogP contribution < -0.4 is 10.6 Å². The number of rotatable bonds is 7. The molecular formula is C23H20N4O2S2. The molecule has 2 aromatic carbocycles. The monoisotopic (exact) mass is 448 g/mol. The van der Waals surface area contributed by atoms with Crippen molar-refractivity contribution >= 4 is 56.6 Å². The number of fused-ring (bicyclic) bond motifs is 1. The van der Waals surface area contributed by atoms with Crippen molar-refractivity contribution in [2.24, 2.45) is 0 Å². The first-order valence-corrected chi connectivity index (χ1v) is 11.6. The summed E-state index contributed by atoms with van der Waals surface area (Å²) in [6.07, 6.45) is 1.70. The number of carbonyl (C=O) groups is 2. The summed E-state index contributed by atoms with van der Waals surface area (Å²) in [7, 11) is 0. The molecule has 4 aromatic rings. The number of para-hydroxylation sites is 1. The minimum absolute atomic E-state index is 0.139. The summed E-state index contributed by atoms with van der Waals surface area (Å²) in [6.45, 7) is 1.99. The Morgan fingerprint density at radius 2 is 1.68 bits per heavy atom. The Morgan fingerprint density at radius 3 is 2.39 bits per heavy atom. The molecule has 0 aliphatic rings. The van der Waals surface area contributed by atoms with Crippen molar-refractivity contribution in [3.8, 4) is 10.6 Å². The van der Waals surface area contributed by atoms with Gasteiger partial charge in [0.1, 0.15) is 10.8 Å². The van der Waals surface area contributed by atoms with Crippen molar-refractivity contribution in [2.45, 2.75) is 6.92 Å². The number of anilines is 2. The van der Waals surface area contributed by atoms with Crippen LogP contribution in [-0.2, 0) is 9.59 Å². The summed E-state index contributed by atoms with van der Waals surface area (Å²) >= 11 is 2.86. The van der Waals surface area contributed by atoms with Gasteiger partial charge in [-0.1, -0.05) is 29.8 Å². The van der Waals surface area contributed by atoms with E-state index in [1.54, 1.807) is 23.6 Å². The second-order valence-electron chi connectivity index (χ2n) is 6.87. The van der Waals surface area contributed by atoms with E-state index >= 15 is 0 Å². The minimum atomic E-state index is -0.201. The molecule has 2 amide bonds. The van der Waals surface area contributed by atoms with Crippen molar-refractivity contribution < 1.29 is 9.59 Å². The molecule has 31 heavy (non-hydrogen) atoms. The van der Waals surface area contributed by atoms with Crippen molar-refractivity contribution in [3.05, 3.63) is 72.4 Å². The average molecular weight is 449 g/mol. The Bertz CT molecular complexity index is 1170. The van der Waals surface area contributed by atoms with E-state index in [9.17, 15) is 9.59 Å². The van der Waals surface area contributed by atoms with Gasteiger partial charge in [0, 0.05) is 17.4 Å². The number of hydrogen-bond acceptors (Lipinski definition) is 6. The maximum Gasteiger partial charge on any atom is 0.235 e. The van der Waals surface area contributed by atoms with E-state index in [-0.39, 0.29) is 23.3 Å². The number of benzene rings is 2. The van der Waals surface area contributed by atoms with E-state index in [0.29, 0.717) is 5.82 Å². The molecule has 8 heteroatoms. The van der Waals surface area contributed by atoms with Crippen LogP contribution in [0, 0.1) is 6.92 Å². The van der Waals surface area contributed by atoms with Gasteiger partial charge in [-0.3, -0.25) is 9.59 Å².